The SMILES string of the molecule is CC(=O)OCC(C)=CCC1CC=C(C)C1(C)C. The molecule has 1 rings (SSSR count). The Balaban J connectivity index is 2.46. The van der Waals surface area contributed by atoms with Crippen LogP contribution in [0.15, 0.2) is 23.3 Å². The molecule has 0 spiro atoms. The summed E-state index contributed by atoms with van der Waals surface area (Å²) in [5.41, 5.74) is 2.94. The van der Waals surface area contributed by atoms with Gasteiger partial charge in [-0.15, -0.1) is 0 Å². The molecule has 0 aromatic heterocycles. The van der Waals surface area contributed by atoms with Gasteiger partial charge in [0.2, 0.25) is 0 Å². The summed E-state index contributed by atoms with van der Waals surface area (Å²) in [4.78, 5) is 10.7. The Bertz CT molecular complexity index is 348. The van der Waals surface area contributed by atoms with Crippen LogP contribution in [0.3, 0.4) is 0 Å². The fraction of sp³-hybridized carbons (Fsp3) is 0.667. The van der Waals surface area contributed by atoms with E-state index in [2.05, 4.69) is 32.9 Å². The van der Waals surface area contributed by atoms with Crippen LogP contribution >= 0.6 is 0 Å². The largest absolute Gasteiger partial charge is 0.461 e. The van der Waals surface area contributed by atoms with Gasteiger partial charge in [0.15, 0.2) is 0 Å². The van der Waals surface area contributed by atoms with Crippen LogP contribution in [0.4, 0.5) is 0 Å². The lowest BCUT2D eigenvalue weighted by atomic mass is 9.76. The average molecular weight is 236 g/mol. The molecule has 0 saturated carbocycles. The van der Waals surface area contributed by atoms with E-state index in [4.69, 9.17) is 4.74 Å². The molecule has 96 valence electrons. The van der Waals surface area contributed by atoms with Gasteiger partial charge in [-0.3, -0.25) is 4.79 Å². The second-order valence-corrected chi connectivity index (χ2v) is 5.61. The highest BCUT2D eigenvalue weighted by atomic mass is 16.5. The van der Waals surface area contributed by atoms with E-state index in [9.17, 15) is 4.79 Å². The summed E-state index contributed by atoms with van der Waals surface area (Å²) in [5.74, 6) is 0.464. The van der Waals surface area contributed by atoms with Crippen LogP contribution in [0.5, 0.6) is 0 Å². The summed E-state index contributed by atoms with van der Waals surface area (Å²) in [6.45, 7) is 10.7. The van der Waals surface area contributed by atoms with Gasteiger partial charge in [0, 0.05) is 6.92 Å². The molecule has 0 aromatic rings. The maximum atomic E-state index is 10.7. The molecular weight excluding hydrogens is 212 g/mol. The third kappa shape index (κ3) is 3.72. The summed E-state index contributed by atoms with van der Waals surface area (Å²) >= 11 is 0. The zero-order chi connectivity index (χ0) is 13.1. The minimum atomic E-state index is -0.212. The number of carbonyl (C=O) groups is 1. The maximum absolute atomic E-state index is 10.7. The van der Waals surface area contributed by atoms with E-state index in [1.54, 1.807) is 0 Å². The molecule has 1 aliphatic carbocycles. The highest BCUT2D eigenvalue weighted by Gasteiger charge is 2.33. The van der Waals surface area contributed by atoms with Crippen LogP contribution in [0.1, 0.15) is 47.5 Å². The van der Waals surface area contributed by atoms with Crippen molar-refractivity contribution in [2.24, 2.45) is 11.3 Å². The minimum absolute atomic E-state index is 0.212. The summed E-state index contributed by atoms with van der Waals surface area (Å²) in [6.07, 6.45) is 6.78. The molecule has 2 nitrogen and oxygen atoms in total. The molecule has 1 unspecified atom stereocenters. The van der Waals surface area contributed by atoms with E-state index in [1.165, 1.54) is 12.5 Å². The highest BCUT2D eigenvalue weighted by molar-refractivity contribution is 5.66. The summed E-state index contributed by atoms with van der Waals surface area (Å²) in [5, 5.41) is 0. The van der Waals surface area contributed by atoms with Gasteiger partial charge < -0.3 is 4.74 Å². The van der Waals surface area contributed by atoms with Gasteiger partial charge in [-0.25, -0.2) is 0 Å². The number of carbonyl (C=O) groups excluding carboxylic acids is 1. The van der Waals surface area contributed by atoms with Crippen molar-refractivity contribution in [2.75, 3.05) is 6.61 Å². The Morgan fingerprint density at radius 3 is 2.65 bits per heavy atom. The number of rotatable bonds is 4. The average Bonchev–Trinajstić information content (AvgIpc) is 2.49. The highest BCUT2D eigenvalue weighted by Crippen LogP contribution is 2.44. The van der Waals surface area contributed by atoms with E-state index in [-0.39, 0.29) is 5.97 Å². The van der Waals surface area contributed by atoms with E-state index < -0.39 is 0 Å². The lowest BCUT2D eigenvalue weighted by Gasteiger charge is -2.29. The smallest absolute Gasteiger partial charge is 0.302 e. The van der Waals surface area contributed by atoms with Gasteiger partial charge in [0.05, 0.1) is 0 Å². The van der Waals surface area contributed by atoms with Crippen molar-refractivity contribution in [2.45, 2.75) is 47.5 Å². The van der Waals surface area contributed by atoms with Gasteiger partial charge in [-0.2, -0.15) is 0 Å². The van der Waals surface area contributed by atoms with E-state index in [0.29, 0.717) is 17.9 Å². The zero-order valence-corrected chi connectivity index (χ0v) is 11.7. The first-order chi connectivity index (χ1) is 7.84. The Morgan fingerprint density at radius 2 is 2.18 bits per heavy atom. The maximum Gasteiger partial charge on any atom is 0.302 e. The Morgan fingerprint density at radius 1 is 1.53 bits per heavy atom. The van der Waals surface area contributed by atoms with Gasteiger partial charge in [0.25, 0.3) is 0 Å². The van der Waals surface area contributed by atoms with Crippen LogP contribution in [-0.2, 0) is 9.53 Å². The van der Waals surface area contributed by atoms with E-state index in [1.807, 2.05) is 6.92 Å². The van der Waals surface area contributed by atoms with Crippen LogP contribution in [-0.4, -0.2) is 12.6 Å². The first-order valence-electron chi connectivity index (χ1n) is 6.30. The zero-order valence-electron chi connectivity index (χ0n) is 11.7. The molecule has 1 atom stereocenters. The van der Waals surface area contributed by atoms with Crippen molar-refractivity contribution in [3.8, 4) is 0 Å². The van der Waals surface area contributed by atoms with Gasteiger partial charge in [0.1, 0.15) is 6.61 Å². The Kier molecular flexibility index (Phi) is 4.55. The molecule has 17 heavy (non-hydrogen) atoms. The molecule has 0 amide bonds. The van der Waals surface area contributed by atoms with Crippen molar-refractivity contribution in [3.05, 3.63) is 23.3 Å². The quantitative estimate of drug-likeness (QED) is 0.547. The second kappa shape index (κ2) is 5.52. The van der Waals surface area contributed by atoms with Crippen molar-refractivity contribution < 1.29 is 9.53 Å². The molecule has 0 N–H and O–H groups in total. The van der Waals surface area contributed by atoms with Crippen molar-refractivity contribution in [1.82, 2.24) is 0 Å². The molecule has 0 saturated heterocycles. The molecule has 0 bridgehead atoms. The van der Waals surface area contributed by atoms with Crippen molar-refractivity contribution >= 4 is 5.97 Å². The lowest BCUT2D eigenvalue weighted by Crippen LogP contribution is -2.19. The van der Waals surface area contributed by atoms with Crippen LogP contribution in [0.2, 0.25) is 0 Å². The topological polar surface area (TPSA) is 26.3 Å². The molecule has 0 fully saturated rings. The van der Waals surface area contributed by atoms with Crippen LogP contribution in [0, 0.1) is 11.3 Å². The Hall–Kier alpha value is -1.05. The number of hydrogen-bond acceptors (Lipinski definition) is 2. The van der Waals surface area contributed by atoms with Gasteiger partial charge in [-0.05, 0) is 43.6 Å². The van der Waals surface area contributed by atoms with Gasteiger partial charge in [-0.1, -0.05) is 31.6 Å². The monoisotopic (exact) mass is 236 g/mol. The molecule has 0 heterocycles. The normalized spacial score (nSPS) is 23.5. The summed E-state index contributed by atoms with van der Waals surface area (Å²) in [7, 11) is 0. The predicted octanol–water partition coefficient (Wildman–Crippen LogP) is 3.88. The first-order valence-corrected chi connectivity index (χ1v) is 6.30. The standard InChI is InChI=1S/C15H24O2/c1-11(10-17-13(3)16)6-8-14-9-7-12(2)15(14,4)5/h6-7,14H,8-10H2,1-5H3. The number of allylic oxidation sites excluding steroid dienone is 3. The Labute approximate surface area is 105 Å². The van der Waals surface area contributed by atoms with Gasteiger partial charge >= 0.3 is 5.97 Å². The molecule has 0 radical (unpaired) electrons. The number of ether oxygens (including phenoxy) is 1. The third-order valence-corrected chi connectivity index (χ3v) is 4.00. The first kappa shape index (κ1) is 14.0. The van der Waals surface area contributed by atoms with E-state index in [0.717, 1.165) is 18.4 Å². The van der Waals surface area contributed by atoms with E-state index >= 15 is 0 Å². The summed E-state index contributed by atoms with van der Waals surface area (Å²) < 4.78 is 4.97. The molecule has 1 aliphatic rings. The number of esters is 1. The third-order valence-electron chi connectivity index (χ3n) is 4.00. The lowest BCUT2D eigenvalue weighted by molar-refractivity contribution is -0.139. The molecule has 2 heteroatoms. The fourth-order valence-electron chi connectivity index (χ4n) is 2.21. The number of hydrogen-bond donors (Lipinski definition) is 0. The predicted molar refractivity (Wildman–Crippen MR) is 70.7 cm³/mol. The summed E-state index contributed by atoms with van der Waals surface area (Å²) in [6, 6.07) is 0. The minimum Gasteiger partial charge on any atom is -0.461 e. The van der Waals surface area contributed by atoms with Crippen molar-refractivity contribution in [3.63, 3.8) is 0 Å². The second-order valence-electron chi connectivity index (χ2n) is 5.61. The van der Waals surface area contributed by atoms with Crippen LogP contribution < -0.4 is 0 Å². The molecule has 0 aromatic carbocycles. The fourth-order valence-corrected chi connectivity index (χ4v) is 2.21. The molecule has 0 aliphatic heterocycles. The van der Waals surface area contributed by atoms with Crippen LogP contribution in [0.25, 0.3) is 0 Å². The molecular formula is C15H24O2. The van der Waals surface area contributed by atoms with Crippen molar-refractivity contribution in [1.29, 1.82) is 0 Å².